The second kappa shape index (κ2) is 9.88. The number of methoxy groups -OCH3 is 3. The normalized spacial score (nSPS) is 26.6. The zero-order valence-corrected chi connectivity index (χ0v) is 18.7. The zero-order chi connectivity index (χ0) is 21.7. The number of likely N-dealkylation sites (tertiary alicyclic amines) is 1. The number of rotatable bonds is 8. The smallest absolute Gasteiger partial charge is 0.234 e. The number of nitrogens with zero attached hydrogens (tertiary/aromatic N) is 1. The second-order valence-corrected chi connectivity index (χ2v) is 8.43. The van der Waals surface area contributed by atoms with Gasteiger partial charge in [-0.2, -0.15) is 0 Å². The molecule has 3 atom stereocenters. The molecule has 1 saturated heterocycles. The lowest BCUT2D eigenvalue weighted by Crippen LogP contribution is -2.56. The molecule has 1 heterocycles. The summed E-state index contributed by atoms with van der Waals surface area (Å²) in [6, 6.07) is 3.83. The lowest BCUT2D eigenvalue weighted by molar-refractivity contribution is -0.137. The molecule has 7 heteroatoms. The van der Waals surface area contributed by atoms with E-state index in [2.05, 4.69) is 10.2 Å². The van der Waals surface area contributed by atoms with Crippen molar-refractivity contribution in [3.05, 3.63) is 17.7 Å². The number of hydrogen-bond donors (Lipinski definition) is 2. The molecular weight excluding hydrogens is 384 g/mol. The Morgan fingerprint density at radius 2 is 1.87 bits per heavy atom. The summed E-state index contributed by atoms with van der Waals surface area (Å²) in [6.07, 6.45) is 5.49. The number of carbonyl (C=O) groups is 1. The summed E-state index contributed by atoms with van der Waals surface area (Å²) in [5.41, 5.74) is 0.289. The third-order valence-corrected chi connectivity index (χ3v) is 6.62. The SMILES string of the molecule is CCCNC(=O)CN1CC[C@@]2(O)CCCC[C@@H]2[C@@H]1c1cc(OC)c(OC)c(OC)c1. The van der Waals surface area contributed by atoms with Crippen molar-refractivity contribution in [2.24, 2.45) is 5.92 Å². The minimum atomic E-state index is -0.695. The van der Waals surface area contributed by atoms with Gasteiger partial charge in [0.15, 0.2) is 11.5 Å². The lowest BCUT2D eigenvalue weighted by Gasteiger charge is -2.52. The third kappa shape index (κ3) is 4.52. The van der Waals surface area contributed by atoms with E-state index in [9.17, 15) is 9.90 Å². The molecule has 1 aliphatic heterocycles. The van der Waals surface area contributed by atoms with Crippen LogP contribution in [0.2, 0.25) is 0 Å². The summed E-state index contributed by atoms with van der Waals surface area (Å²) >= 11 is 0. The van der Waals surface area contributed by atoms with Crippen LogP contribution in [-0.4, -0.2) is 62.5 Å². The minimum Gasteiger partial charge on any atom is -0.493 e. The van der Waals surface area contributed by atoms with Crippen molar-refractivity contribution in [3.8, 4) is 17.2 Å². The molecule has 2 N–H and O–H groups in total. The summed E-state index contributed by atoms with van der Waals surface area (Å²) in [7, 11) is 4.80. The van der Waals surface area contributed by atoms with Crippen LogP contribution in [0.15, 0.2) is 12.1 Å². The van der Waals surface area contributed by atoms with Gasteiger partial charge < -0.3 is 24.6 Å². The maximum Gasteiger partial charge on any atom is 0.234 e. The number of ether oxygens (including phenoxy) is 3. The number of aliphatic hydroxyl groups is 1. The largest absolute Gasteiger partial charge is 0.493 e. The maximum absolute atomic E-state index is 12.5. The van der Waals surface area contributed by atoms with Gasteiger partial charge in [-0.3, -0.25) is 9.69 Å². The topological polar surface area (TPSA) is 80.3 Å². The number of nitrogens with one attached hydrogen (secondary N) is 1. The van der Waals surface area contributed by atoms with Gasteiger partial charge in [-0.25, -0.2) is 0 Å². The monoisotopic (exact) mass is 420 g/mol. The summed E-state index contributed by atoms with van der Waals surface area (Å²) in [4.78, 5) is 14.8. The highest BCUT2D eigenvalue weighted by atomic mass is 16.5. The van der Waals surface area contributed by atoms with Crippen molar-refractivity contribution in [2.45, 2.75) is 57.1 Å². The number of piperidine rings is 1. The molecule has 1 aromatic rings. The Labute approximate surface area is 179 Å². The Hall–Kier alpha value is -1.99. The Morgan fingerprint density at radius 3 is 2.47 bits per heavy atom. The van der Waals surface area contributed by atoms with Crippen LogP contribution in [0.25, 0.3) is 0 Å². The highest BCUT2D eigenvalue weighted by Gasteiger charge is 2.49. The molecule has 0 aromatic heterocycles. The van der Waals surface area contributed by atoms with E-state index in [-0.39, 0.29) is 17.9 Å². The van der Waals surface area contributed by atoms with Crippen molar-refractivity contribution in [1.29, 1.82) is 0 Å². The van der Waals surface area contributed by atoms with Gasteiger partial charge in [-0.05, 0) is 43.4 Å². The van der Waals surface area contributed by atoms with E-state index in [4.69, 9.17) is 14.2 Å². The first-order valence-electron chi connectivity index (χ1n) is 11.0. The molecule has 1 saturated carbocycles. The van der Waals surface area contributed by atoms with Gasteiger partial charge >= 0.3 is 0 Å². The first-order valence-corrected chi connectivity index (χ1v) is 11.0. The Bertz CT molecular complexity index is 715. The fourth-order valence-electron chi connectivity index (χ4n) is 5.14. The fourth-order valence-corrected chi connectivity index (χ4v) is 5.14. The first kappa shape index (κ1) is 22.7. The van der Waals surface area contributed by atoms with Crippen molar-refractivity contribution >= 4 is 5.91 Å². The van der Waals surface area contributed by atoms with Crippen LogP contribution in [-0.2, 0) is 4.79 Å². The van der Waals surface area contributed by atoms with E-state index in [1.807, 2.05) is 19.1 Å². The predicted octanol–water partition coefficient (Wildman–Crippen LogP) is 2.91. The van der Waals surface area contributed by atoms with Crippen molar-refractivity contribution in [1.82, 2.24) is 10.2 Å². The minimum absolute atomic E-state index is 0.0236. The van der Waals surface area contributed by atoms with E-state index in [0.29, 0.717) is 43.3 Å². The standard InChI is InChI=1S/C23H36N2O5/c1-5-11-24-20(26)15-25-12-10-23(27)9-7-6-8-17(23)21(25)16-13-18(28-2)22(30-4)19(14-16)29-3/h13-14,17,21,27H,5-12,15H2,1-4H3,(H,24,26)/t17-,21+,23+/m1/s1. The quantitative estimate of drug-likeness (QED) is 0.673. The van der Waals surface area contributed by atoms with Gasteiger partial charge in [-0.15, -0.1) is 0 Å². The number of fused-ring (bicyclic) bond motifs is 1. The highest BCUT2D eigenvalue weighted by Crippen LogP contribution is 2.51. The van der Waals surface area contributed by atoms with Crippen molar-refractivity contribution in [2.75, 3.05) is 41.0 Å². The van der Waals surface area contributed by atoms with Crippen LogP contribution in [0.1, 0.15) is 57.1 Å². The van der Waals surface area contributed by atoms with Crippen LogP contribution in [0.3, 0.4) is 0 Å². The van der Waals surface area contributed by atoms with Crippen LogP contribution >= 0.6 is 0 Å². The van der Waals surface area contributed by atoms with E-state index < -0.39 is 5.60 Å². The predicted molar refractivity (Wildman–Crippen MR) is 115 cm³/mol. The maximum atomic E-state index is 12.5. The van der Waals surface area contributed by atoms with E-state index in [0.717, 1.165) is 37.7 Å². The summed E-state index contributed by atoms with van der Waals surface area (Å²) in [6.45, 7) is 3.71. The summed E-state index contributed by atoms with van der Waals surface area (Å²) < 4.78 is 16.6. The second-order valence-electron chi connectivity index (χ2n) is 8.43. The molecular formula is C23H36N2O5. The van der Waals surface area contributed by atoms with Crippen molar-refractivity contribution in [3.63, 3.8) is 0 Å². The Kier molecular flexibility index (Phi) is 7.47. The molecule has 0 bridgehead atoms. The molecule has 168 valence electrons. The number of benzene rings is 1. The molecule has 7 nitrogen and oxygen atoms in total. The lowest BCUT2D eigenvalue weighted by atomic mass is 9.66. The molecule has 30 heavy (non-hydrogen) atoms. The molecule has 2 aliphatic rings. The highest BCUT2D eigenvalue weighted by molar-refractivity contribution is 5.78. The van der Waals surface area contributed by atoms with Gasteiger partial charge in [0.25, 0.3) is 0 Å². The van der Waals surface area contributed by atoms with Gasteiger partial charge in [-0.1, -0.05) is 19.8 Å². The molecule has 3 rings (SSSR count). The van der Waals surface area contributed by atoms with E-state index in [1.54, 1.807) is 21.3 Å². The molecule has 1 aliphatic carbocycles. The number of carbonyl (C=O) groups excluding carboxylic acids is 1. The van der Waals surface area contributed by atoms with Crippen LogP contribution < -0.4 is 19.5 Å². The Morgan fingerprint density at radius 1 is 1.17 bits per heavy atom. The van der Waals surface area contributed by atoms with Gasteiger partial charge in [0.2, 0.25) is 11.7 Å². The van der Waals surface area contributed by atoms with E-state index >= 15 is 0 Å². The molecule has 1 amide bonds. The zero-order valence-electron chi connectivity index (χ0n) is 18.7. The van der Waals surface area contributed by atoms with Crippen LogP contribution in [0, 0.1) is 5.92 Å². The average Bonchev–Trinajstić information content (AvgIpc) is 2.76. The molecule has 0 radical (unpaired) electrons. The average molecular weight is 421 g/mol. The van der Waals surface area contributed by atoms with Crippen LogP contribution in [0.5, 0.6) is 17.2 Å². The molecule has 0 spiro atoms. The van der Waals surface area contributed by atoms with Gasteiger partial charge in [0.05, 0.1) is 33.5 Å². The first-order chi connectivity index (χ1) is 14.5. The van der Waals surface area contributed by atoms with Crippen molar-refractivity contribution < 1.29 is 24.1 Å². The van der Waals surface area contributed by atoms with Gasteiger partial charge in [0.1, 0.15) is 0 Å². The summed E-state index contributed by atoms with van der Waals surface area (Å²) in [5.74, 6) is 1.81. The number of amides is 1. The third-order valence-electron chi connectivity index (χ3n) is 6.62. The Balaban J connectivity index is 2.01. The molecule has 0 unspecified atom stereocenters. The summed E-state index contributed by atoms with van der Waals surface area (Å²) in [5, 5.41) is 14.4. The van der Waals surface area contributed by atoms with Gasteiger partial charge in [0, 0.05) is 25.0 Å². The molecule has 1 aromatic carbocycles. The number of hydrogen-bond acceptors (Lipinski definition) is 6. The molecule has 2 fully saturated rings. The van der Waals surface area contributed by atoms with Crippen LogP contribution in [0.4, 0.5) is 0 Å². The van der Waals surface area contributed by atoms with E-state index in [1.165, 1.54) is 0 Å². The fraction of sp³-hybridized carbons (Fsp3) is 0.696.